The molecule has 2 heterocycles. The van der Waals surface area contributed by atoms with E-state index in [0.717, 1.165) is 5.69 Å². The predicted octanol–water partition coefficient (Wildman–Crippen LogP) is 1.95. The number of β-amino-alcohol motifs (C(OH)–C–C–N with tert-alkyl or cyclic N) is 1. The van der Waals surface area contributed by atoms with Gasteiger partial charge in [0.15, 0.2) is 0 Å². The van der Waals surface area contributed by atoms with Crippen LogP contribution in [0.5, 0.6) is 5.75 Å². The van der Waals surface area contributed by atoms with Gasteiger partial charge in [0.2, 0.25) is 0 Å². The Morgan fingerprint density at radius 1 is 1.44 bits per heavy atom. The van der Waals surface area contributed by atoms with Crippen LogP contribution in [0.3, 0.4) is 0 Å². The summed E-state index contributed by atoms with van der Waals surface area (Å²) in [5.41, 5.74) is -0.195. The van der Waals surface area contributed by atoms with Crippen LogP contribution in [0.2, 0.25) is 0 Å². The molecule has 146 valence electrons. The highest BCUT2D eigenvalue weighted by Gasteiger charge is 2.36. The number of carbonyl (C=O) groups excluding carboxylic acids is 1. The molecule has 1 aromatic carbocycles. The van der Waals surface area contributed by atoms with Gasteiger partial charge in [-0.05, 0) is 36.2 Å². The minimum Gasteiger partial charge on any atom is -0.490 e. The SMILES string of the molecule is CC(C)c1cc(C(=O)N2CCOCC(O)(COc3ccc(F)cc3)C2)n[nH]1. The molecule has 1 atom stereocenters. The molecular weight excluding hydrogens is 353 g/mol. The van der Waals surface area contributed by atoms with E-state index in [1.54, 1.807) is 6.07 Å². The average Bonchev–Trinajstić information content (AvgIpc) is 3.06. The van der Waals surface area contributed by atoms with Crippen LogP contribution in [-0.2, 0) is 4.74 Å². The summed E-state index contributed by atoms with van der Waals surface area (Å²) in [6, 6.07) is 7.25. The first kappa shape index (κ1) is 19.3. The summed E-state index contributed by atoms with van der Waals surface area (Å²) in [5.74, 6) is 0.0210. The zero-order valence-corrected chi connectivity index (χ0v) is 15.4. The standard InChI is InChI=1S/C19H24FN3O4/c1-13(2)16-9-17(22-21-16)18(24)23-7-8-26-11-19(25,10-23)12-27-15-5-3-14(20)4-6-15/h3-6,9,13,25H,7-8,10-12H2,1-2H3,(H,21,22). The number of aromatic nitrogens is 2. The van der Waals surface area contributed by atoms with E-state index in [1.807, 2.05) is 13.8 Å². The fourth-order valence-electron chi connectivity index (χ4n) is 2.83. The molecule has 27 heavy (non-hydrogen) atoms. The molecule has 1 aliphatic heterocycles. The van der Waals surface area contributed by atoms with Gasteiger partial charge in [-0.25, -0.2) is 4.39 Å². The van der Waals surface area contributed by atoms with Crippen LogP contribution in [0.4, 0.5) is 4.39 Å². The number of hydrogen-bond donors (Lipinski definition) is 2. The van der Waals surface area contributed by atoms with Crippen molar-refractivity contribution in [3.05, 3.63) is 47.5 Å². The Kier molecular flexibility index (Phi) is 5.76. The van der Waals surface area contributed by atoms with Crippen LogP contribution in [0.25, 0.3) is 0 Å². The van der Waals surface area contributed by atoms with Crippen molar-refractivity contribution < 1.29 is 23.8 Å². The molecular formula is C19H24FN3O4. The maximum Gasteiger partial charge on any atom is 0.274 e. The maximum atomic E-state index is 13.0. The molecule has 1 saturated heterocycles. The van der Waals surface area contributed by atoms with Gasteiger partial charge in [-0.3, -0.25) is 9.89 Å². The zero-order valence-electron chi connectivity index (χ0n) is 15.4. The van der Waals surface area contributed by atoms with E-state index in [-0.39, 0.29) is 37.4 Å². The normalized spacial score (nSPS) is 20.6. The Morgan fingerprint density at radius 2 is 2.19 bits per heavy atom. The summed E-state index contributed by atoms with van der Waals surface area (Å²) >= 11 is 0. The molecule has 0 saturated carbocycles. The van der Waals surface area contributed by atoms with Crippen molar-refractivity contribution in [2.75, 3.05) is 32.9 Å². The van der Waals surface area contributed by atoms with Crippen molar-refractivity contribution in [3.63, 3.8) is 0 Å². The van der Waals surface area contributed by atoms with Crippen LogP contribution in [-0.4, -0.2) is 64.6 Å². The number of nitrogens with zero attached hydrogens (tertiary/aromatic N) is 2. The first-order valence-corrected chi connectivity index (χ1v) is 8.89. The van der Waals surface area contributed by atoms with Crippen molar-refractivity contribution in [2.24, 2.45) is 0 Å². The number of halogens is 1. The lowest BCUT2D eigenvalue weighted by molar-refractivity contribution is -0.0621. The van der Waals surface area contributed by atoms with Gasteiger partial charge in [-0.2, -0.15) is 5.10 Å². The third-order valence-electron chi connectivity index (χ3n) is 4.41. The Morgan fingerprint density at radius 3 is 2.85 bits per heavy atom. The van der Waals surface area contributed by atoms with Gasteiger partial charge in [-0.15, -0.1) is 0 Å². The Balaban J connectivity index is 1.67. The number of benzene rings is 1. The quantitative estimate of drug-likeness (QED) is 0.832. The molecule has 0 aliphatic carbocycles. The van der Waals surface area contributed by atoms with E-state index in [1.165, 1.54) is 29.2 Å². The number of nitrogens with one attached hydrogen (secondary N) is 1. The fraction of sp³-hybridized carbons (Fsp3) is 0.474. The highest BCUT2D eigenvalue weighted by atomic mass is 19.1. The van der Waals surface area contributed by atoms with Gasteiger partial charge in [0.05, 0.1) is 19.8 Å². The van der Waals surface area contributed by atoms with E-state index >= 15 is 0 Å². The smallest absolute Gasteiger partial charge is 0.274 e. The maximum absolute atomic E-state index is 13.0. The summed E-state index contributed by atoms with van der Waals surface area (Å²) in [5, 5.41) is 17.8. The summed E-state index contributed by atoms with van der Waals surface area (Å²) in [6.07, 6.45) is 0. The van der Waals surface area contributed by atoms with Gasteiger partial charge in [0, 0.05) is 12.2 Å². The molecule has 0 spiro atoms. The Hall–Kier alpha value is -2.45. The Bertz CT molecular complexity index is 778. The lowest BCUT2D eigenvalue weighted by atomic mass is 10.1. The first-order valence-electron chi connectivity index (χ1n) is 8.89. The number of hydrogen-bond acceptors (Lipinski definition) is 5. The first-order chi connectivity index (χ1) is 12.9. The van der Waals surface area contributed by atoms with Crippen LogP contribution < -0.4 is 4.74 Å². The molecule has 1 aromatic heterocycles. The van der Waals surface area contributed by atoms with Gasteiger partial charge in [0.25, 0.3) is 5.91 Å². The molecule has 1 amide bonds. The third kappa shape index (κ3) is 4.84. The molecule has 7 nitrogen and oxygen atoms in total. The predicted molar refractivity (Wildman–Crippen MR) is 96.2 cm³/mol. The van der Waals surface area contributed by atoms with Crippen molar-refractivity contribution in [3.8, 4) is 5.75 Å². The van der Waals surface area contributed by atoms with Crippen LogP contribution in [0.15, 0.2) is 30.3 Å². The lowest BCUT2D eigenvalue weighted by Crippen LogP contribution is -2.50. The number of aromatic amines is 1. The molecule has 8 heteroatoms. The zero-order chi connectivity index (χ0) is 19.4. The number of amides is 1. The molecule has 3 rings (SSSR count). The minimum absolute atomic E-state index is 0.0375. The lowest BCUT2D eigenvalue weighted by Gasteiger charge is -2.30. The monoisotopic (exact) mass is 377 g/mol. The second-order valence-corrected chi connectivity index (χ2v) is 7.11. The topological polar surface area (TPSA) is 87.7 Å². The molecule has 1 aliphatic rings. The van der Waals surface area contributed by atoms with Gasteiger partial charge in [0.1, 0.15) is 29.5 Å². The molecule has 2 aromatic rings. The van der Waals surface area contributed by atoms with Gasteiger partial charge in [-0.1, -0.05) is 13.8 Å². The highest BCUT2D eigenvalue weighted by Crippen LogP contribution is 2.19. The highest BCUT2D eigenvalue weighted by molar-refractivity contribution is 5.92. The van der Waals surface area contributed by atoms with Gasteiger partial charge >= 0.3 is 0 Å². The number of H-pyrrole nitrogens is 1. The van der Waals surface area contributed by atoms with Crippen LogP contribution in [0, 0.1) is 5.82 Å². The van der Waals surface area contributed by atoms with Crippen LogP contribution in [0.1, 0.15) is 35.9 Å². The van der Waals surface area contributed by atoms with E-state index in [0.29, 0.717) is 24.6 Å². The fourth-order valence-corrected chi connectivity index (χ4v) is 2.83. The van der Waals surface area contributed by atoms with Gasteiger partial charge < -0.3 is 19.5 Å². The summed E-state index contributed by atoms with van der Waals surface area (Å²) < 4.78 is 24.0. The van der Waals surface area contributed by atoms with E-state index in [9.17, 15) is 14.3 Å². The summed E-state index contributed by atoms with van der Waals surface area (Å²) in [6.45, 7) is 4.68. The molecule has 1 fully saturated rings. The van der Waals surface area contributed by atoms with E-state index < -0.39 is 5.60 Å². The van der Waals surface area contributed by atoms with Crippen LogP contribution >= 0.6 is 0 Å². The van der Waals surface area contributed by atoms with E-state index in [4.69, 9.17) is 9.47 Å². The summed E-state index contributed by atoms with van der Waals surface area (Å²) in [4.78, 5) is 14.3. The average molecular weight is 377 g/mol. The minimum atomic E-state index is -1.38. The number of aliphatic hydroxyl groups is 1. The number of rotatable bonds is 5. The van der Waals surface area contributed by atoms with Crippen molar-refractivity contribution >= 4 is 5.91 Å². The molecule has 2 N–H and O–H groups in total. The molecule has 0 bridgehead atoms. The summed E-state index contributed by atoms with van der Waals surface area (Å²) in [7, 11) is 0. The van der Waals surface area contributed by atoms with Crippen molar-refractivity contribution in [1.29, 1.82) is 0 Å². The Labute approximate surface area is 157 Å². The third-order valence-corrected chi connectivity index (χ3v) is 4.41. The second-order valence-electron chi connectivity index (χ2n) is 7.11. The number of carbonyl (C=O) groups is 1. The van der Waals surface area contributed by atoms with Crippen molar-refractivity contribution in [2.45, 2.75) is 25.4 Å². The molecule has 1 unspecified atom stereocenters. The van der Waals surface area contributed by atoms with Crippen molar-refractivity contribution in [1.82, 2.24) is 15.1 Å². The van der Waals surface area contributed by atoms with E-state index in [2.05, 4.69) is 10.2 Å². The largest absolute Gasteiger partial charge is 0.490 e. The molecule has 0 radical (unpaired) electrons. The second kappa shape index (κ2) is 8.06. The number of ether oxygens (including phenoxy) is 2.